The summed E-state index contributed by atoms with van der Waals surface area (Å²) in [5.41, 5.74) is 13.8. The third-order valence-electron chi connectivity index (χ3n) is 18.2. The summed E-state index contributed by atoms with van der Waals surface area (Å²) < 4.78 is 48.7. The van der Waals surface area contributed by atoms with Crippen LogP contribution < -0.4 is 10.4 Å². The van der Waals surface area contributed by atoms with Crippen LogP contribution in [-0.2, 0) is 17.4 Å². The van der Waals surface area contributed by atoms with Crippen molar-refractivity contribution in [3.63, 3.8) is 0 Å². The SMILES string of the molecule is C[Si](C)(C)c1ccc(-c2cccc3c2C=C(CC24CCC(CC2)C4)[CH]3[Zr]([CH3])(=[SiH2])([CH2]CC(F)(F)F)[CH]2C(CC34CCC(CC3)C4)=Cc3c(-c4ccc([Si](C)(C)C)cc4)cccc32)cc1.Cl.Cl. The summed E-state index contributed by atoms with van der Waals surface area (Å²) in [6.45, 7) is 16.6. The number of alkyl halides is 3. The third kappa shape index (κ3) is 9.03. The van der Waals surface area contributed by atoms with Crippen molar-refractivity contribution in [2.45, 2.75) is 145 Å². The zero-order valence-corrected chi connectivity index (χ0v) is 47.6. The van der Waals surface area contributed by atoms with Gasteiger partial charge in [-0.15, -0.1) is 24.8 Å². The predicted octanol–water partition coefficient (Wildman–Crippen LogP) is 16.1. The van der Waals surface area contributed by atoms with Crippen molar-refractivity contribution in [3.8, 4) is 22.3 Å². The van der Waals surface area contributed by atoms with E-state index >= 15 is 13.2 Å². The summed E-state index contributed by atoms with van der Waals surface area (Å²) in [6.07, 6.45) is 15.3. The topological polar surface area (TPSA) is 0 Å². The largest absolute Gasteiger partial charge is 0.147 e. The van der Waals surface area contributed by atoms with Gasteiger partial charge in [-0.1, -0.05) is 0 Å². The standard InChI is InChI=1S/2C26H31Si.C3H4F3.CH3.2ClH.H2Si.Zr/c2*1-27(2,3)23-9-7-21(8-10-23)24-6-4-5-22-15-20(16-25(22)24)18-26-13-11-19(17-26)12-14-26;1-2-3(4,5)6;;;;;/h2*4-10,15-16,19H,11-14,17-18H2,1-3H3;1-2H2;1H3;2*1H;1H2;. The number of halogens is 5. The minimum Gasteiger partial charge on any atom is -0.147 e. The number of hydrogen-bond donors (Lipinski definition) is 0. The minimum absolute atomic E-state index is 0. The van der Waals surface area contributed by atoms with Crippen LogP contribution in [0.4, 0.5) is 13.2 Å². The van der Waals surface area contributed by atoms with Gasteiger partial charge in [-0.05, 0) is 0 Å². The van der Waals surface area contributed by atoms with Crippen LogP contribution in [0.3, 0.4) is 0 Å². The van der Waals surface area contributed by atoms with Crippen molar-refractivity contribution in [2.24, 2.45) is 22.7 Å². The van der Waals surface area contributed by atoms with Gasteiger partial charge < -0.3 is 0 Å². The fourth-order valence-electron chi connectivity index (χ4n) is 15.0. The molecular formula is C56H73Cl2F3Si3Zr. The van der Waals surface area contributed by atoms with E-state index in [1.165, 1.54) is 130 Å². The quantitative estimate of drug-likeness (QED) is 0.124. The van der Waals surface area contributed by atoms with E-state index in [2.05, 4.69) is 148 Å². The Balaban J connectivity index is 0.00000288. The first-order valence-electron chi connectivity index (χ1n) is 24.6. The Morgan fingerprint density at radius 1 is 0.585 bits per heavy atom. The smallest absolute Gasteiger partial charge is 0.147 e. The van der Waals surface area contributed by atoms with Gasteiger partial charge in [-0.2, -0.15) is 0 Å². The van der Waals surface area contributed by atoms with Gasteiger partial charge in [0.25, 0.3) is 0 Å². The molecule has 9 heteroatoms. The molecule has 0 radical (unpaired) electrons. The molecular weight excluding hydrogens is 976 g/mol. The Bertz CT molecular complexity index is 2420. The molecule has 10 rings (SSSR count). The molecule has 4 aromatic rings. The van der Waals surface area contributed by atoms with Crippen LogP contribution >= 0.6 is 24.8 Å². The van der Waals surface area contributed by atoms with Crippen molar-refractivity contribution < 1.29 is 30.6 Å². The molecule has 6 aliphatic carbocycles. The van der Waals surface area contributed by atoms with Crippen LogP contribution in [0.1, 0.15) is 113 Å². The van der Waals surface area contributed by atoms with Crippen LogP contribution in [-0.4, -0.2) is 29.2 Å². The van der Waals surface area contributed by atoms with Crippen LogP contribution in [0.25, 0.3) is 34.4 Å². The van der Waals surface area contributed by atoms with Gasteiger partial charge in [-0.3, -0.25) is 0 Å². The van der Waals surface area contributed by atoms with E-state index in [9.17, 15) is 0 Å². The first-order valence-corrected chi connectivity index (χ1v) is 44.6. The second-order valence-corrected chi connectivity index (χ2v) is 63.4. The van der Waals surface area contributed by atoms with Crippen molar-refractivity contribution in [2.75, 3.05) is 0 Å². The summed E-state index contributed by atoms with van der Waals surface area (Å²) in [7, 11) is -2.99. The van der Waals surface area contributed by atoms with Gasteiger partial charge in [0.2, 0.25) is 0 Å². The maximum Gasteiger partial charge on any atom is -0.147 e. The Morgan fingerprint density at radius 3 is 1.26 bits per heavy atom. The number of hydrogen-bond acceptors (Lipinski definition) is 0. The van der Waals surface area contributed by atoms with Crippen molar-refractivity contribution in [1.82, 2.24) is 0 Å². The molecule has 6 aliphatic rings. The zero-order chi connectivity index (χ0) is 44.4. The second-order valence-electron chi connectivity index (χ2n) is 24.9. The van der Waals surface area contributed by atoms with E-state index in [4.69, 9.17) is 0 Å². The van der Waals surface area contributed by atoms with E-state index < -0.39 is 46.1 Å². The minimum atomic E-state index is -4.89. The summed E-state index contributed by atoms with van der Waals surface area (Å²) in [6, 6.07) is 32.6. The third-order valence-corrected chi connectivity index (χ3v) is 45.2. The van der Waals surface area contributed by atoms with Crippen molar-refractivity contribution in [3.05, 3.63) is 118 Å². The number of benzene rings is 4. The molecule has 0 amide bonds. The molecule has 0 aromatic heterocycles. The Hall–Kier alpha value is -1.74. The predicted molar refractivity (Wildman–Crippen MR) is 283 cm³/mol. The van der Waals surface area contributed by atoms with Crippen LogP contribution in [0, 0.1) is 22.7 Å². The first kappa shape index (κ1) is 49.7. The molecule has 0 heterocycles. The zero-order valence-electron chi connectivity index (χ0n) is 40.1. The molecule has 0 aliphatic heterocycles. The van der Waals surface area contributed by atoms with E-state index in [-0.39, 0.29) is 42.9 Å². The van der Waals surface area contributed by atoms with Crippen LogP contribution in [0.15, 0.2) is 96.1 Å². The fraction of sp³-hybridized carbons (Fsp3) is 0.500. The normalized spacial score (nSPS) is 26.9. The van der Waals surface area contributed by atoms with Gasteiger partial charge in [0.05, 0.1) is 0 Å². The summed E-state index contributed by atoms with van der Waals surface area (Å²) in [5, 5.41) is 2.91. The molecule has 4 fully saturated rings. The molecule has 4 saturated carbocycles. The molecule has 4 bridgehead atoms. The number of allylic oxidation sites excluding steroid dienone is 2. The Morgan fingerprint density at radius 2 is 0.954 bits per heavy atom. The molecule has 0 spiro atoms. The molecule has 348 valence electrons. The van der Waals surface area contributed by atoms with E-state index in [1.807, 2.05) is 0 Å². The van der Waals surface area contributed by atoms with E-state index in [0.29, 0.717) is 4.13 Å². The average molecular weight is 1050 g/mol. The Kier molecular flexibility index (Phi) is 13.2. The molecule has 2 atom stereocenters. The summed E-state index contributed by atoms with van der Waals surface area (Å²) >= 11 is -4.89. The summed E-state index contributed by atoms with van der Waals surface area (Å²) in [5.74, 6) is 1.64. The monoisotopic (exact) mass is 1050 g/mol. The molecule has 4 aromatic carbocycles. The summed E-state index contributed by atoms with van der Waals surface area (Å²) in [4.78, 5) is 0. The number of rotatable bonds is 12. The van der Waals surface area contributed by atoms with Crippen molar-refractivity contribution >= 4 is 70.4 Å². The molecule has 2 unspecified atom stereocenters. The molecule has 0 N–H and O–H groups in total. The van der Waals surface area contributed by atoms with Crippen molar-refractivity contribution in [1.29, 1.82) is 0 Å². The second kappa shape index (κ2) is 17.3. The first-order chi connectivity index (χ1) is 29.6. The van der Waals surface area contributed by atoms with Gasteiger partial charge in [0.15, 0.2) is 0 Å². The molecule has 0 saturated heterocycles. The maximum absolute atomic E-state index is 15.2. The van der Waals surface area contributed by atoms with Gasteiger partial charge in [-0.25, -0.2) is 0 Å². The van der Waals surface area contributed by atoms with Gasteiger partial charge in [0.1, 0.15) is 0 Å². The van der Waals surface area contributed by atoms with E-state index in [0.717, 1.165) is 24.7 Å². The molecule has 65 heavy (non-hydrogen) atoms. The van der Waals surface area contributed by atoms with Gasteiger partial charge in [0, 0.05) is 0 Å². The van der Waals surface area contributed by atoms with Gasteiger partial charge >= 0.3 is 384 Å². The average Bonchev–Trinajstić information content (AvgIpc) is 4.10. The molecule has 0 nitrogen and oxygen atoms in total. The Labute approximate surface area is 405 Å². The number of fused-ring (bicyclic) bond motifs is 6. The van der Waals surface area contributed by atoms with Crippen LogP contribution in [0.5, 0.6) is 0 Å². The van der Waals surface area contributed by atoms with Crippen LogP contribution in [0.2, 0.25) is 48.0 Å². The fourth-order valence-corrected chi connectivity index (χ4v) is 41.0. The maximum atomic E-state index is 15.2. The van der Waals surface area contributed by atoms with E-state index in [1.54, 1.807) is 0 Å².